The van der Waals surface area contributed by atoms with Crippen molar-refractivity contribution in [3.05, 3.63) is 11.3 Å². The molecule has 0 saturated carbocycles. The number of nitrogens with zero attached hydrogens (tertiary/aromatic N) is 2. The molecular weight excluding hydrogens is 315 g/mol. The van der Waals surface area contributed by atoms with Crippen LogP contribution in [0.3, 0.4) is 0 Å². The van der Waals surface area contributed by atoms with E-state index in [1.807, 2.05) is 29.5 Å². The first-order valence-electron chi connectivity index (χ1n) is 5.18. The zero-order valence-corrected chi connectivity index (χ0v) is 11.6. The molecule has 86 valence electrons. The lowest BCUT2D eigenvalue weighted by Crippen LogP contribution is -2.09. The fourth-order valence-corrected chi connectivity index (χ4v) is 1.57. The Bertz CT molecular complexity index is 420. The summed E-state index contributed by atoms with van der Waals surface area (Å²) < 4.78 is 2.83. The van der Waals surface area contributed by atoms with Crippen LogP contribution in [0, 0.1) is 16.8 Å². The van der Waals surface area contributed by atoms with Crippen LogP contribution < -0.4 is 11.1 Å². The lowest BCUT2D eigenvalue weighted by atomic mass is 10.2. The summed E-state index contributed by atoms with van der Waals surface area (Å²) in [5.74, 6) is 4.02. The van der Waals surface area contributed by atoms with Crippen molar-refractivity contribution in [1.29, 1.82) is 0 Å². The lowest BCUT2D eigenvalue weighted by Gasteiger charge is -2.09. The summed E-state index contributed by atoms with van der Waals surface area (Å²) in [6.07, 6.45) is 2.24. The van der Waals surface area contributed by atoms with Crippen LogP contribution >= 0.6 is 22.6 Å². The fourth-order valence-electron chi connectivity index (χ4n) is 1.30. The van der Waals surface area contributed by atoms with Crippen LogP contribution in [0.4, 0.5) is 11.8 Å². The number of nitrogen functional groups attached to an aromatic ring is 1. The van der Waals surface area contributed by atoms with E-state index in [4.69, 9.17) is 5.73 Å². The third-order valence-corrected chi connectivity index (χ3v) is 2.37. The molecule has 0 spiro atoms. The highest BCUT2D eigenvalue weighted by molar-refractivity contribution is 14.1. The van der Waals surface area contributed by atoms with Gasteiger partial charge in [-0.25, -0.2) is 4.98 Å². The largest absolute Gasteiger partial charge is 0.369 e. The van der Waals surface area contributed by atoms with Crippen LogP contribution in [-0.2, 0) is 0 Å². The van der Waals surface area contributed by atoms with E-state index in [-0.39, 0.29) is 5.95 Å². The SMILES string of the molecule is CCCCNc1nc(N)nc(C)c1C#CI. The van der Waals surface area contributed by atoms with Crippen LogP contribution in [0.25, 0.3) is 0 Å². The van der Waals surface area contributed by atoms with Gasteiger partial charge in [0.05, 0.1) is 11.3 Å². The maximum absolute atomic E-state index is 5.62. The van der Waals surface area contributed by atoms with Crippen LogP contribution in [0.2, 0.25) is 0 Å². The zero-order valence-electron chi connectivity index (χ0n) is 9.47. The quantitative estimate of drug-likeness (QED) is 0.505. The number of anilines is 2. The predicted molar refractivity (Wildman–Crippen MR) is 75.5 cm³/mol. The van der Waals surface area contributed by atoms with E-state index in [2.05, 4.69) is 32.1 Å². The molecule has 0 aliphatic rings. The Balaban J connectivity index is 2.97. The lowest BCUT2D eigenvalue weighted by molar-refractivity contribution is 0.830. The minimum atomic E-state index is 0.288. The minimum Gasteiger partial charge on any atom is -0.369 e. The van der Waals surface area contributed by atoms with Gasteiger partial charge in [0, 0.05) is 29.1 Å². The second kappa shape index (κ2) is 6.53. The van der Waals surface area contributed by atoms with Crippen LogP contribution in [0.1, 0.15) is 31.0 Å². The Morgan fingerprint density at radius 2 is 2.19 bits per heavy atom. The molecule has 1 aromatic heterocycles. The highest BCUT2D eigenvalue weighted by Gasteiger charge is 2.07. The van der Waals surface area contributed by atoms with E-state index >= 15 is 0 Å². The van der Waals surface area contributed by atoms with Gasteiger partial charge in [-0.2, -0.15) is 4.98 Å². The van der Waals surface area contributed by atoms with E-state index in [9.17, 15) is 0 Å². The van der Waals surface area contributed by atoms with Gasteiger partial charge in [0.2, 0.25) is 5.95 Å². The number of hydrogen-bond donors (Lipinski definition) is 2. The second-order valence-electron chi connectivity index (χ2n) is 3.39. The Morgan fingerprint density at radius 1 is 1.44 bits per heavy atom. The molecule has 0 aromatic carbocycles. The van der Waals surface area contributed by atoms with Gasteiger partial charge >= 0.3 is 0 Å². The van der Waals surface area contributed by atoms with E-state index < -0.39 is 0 Å². The number of aromatic nitrogens is 2. The molecule has 3 N–H and O–H groups in total. The summed E-state index contributed by atoms with van der Waals surface area (Å²) in [5, 5.41) is 3.24. The van der Waals surface area contributed by atoms with Crippen molar-refractivity contribution < 1.29 is 0 Å². The van der Waals surface area contributed by atoms with Gasteiger partial charge in [0.1, 0.15) is 5.82 Å². The highest BCUT2D eigenvalue weighted by atomic mass is 127. The number of hydrogen-bond acceptors (Lipinski definition) is 4. The third-order valence-electron chi connectivity index (χ3n) is 2.10. The number of unbranched alkanes of at least 4 members (excludes halogenated alkanes) is 1. The van der Waals surface area contributed by atoms with Gasteiger partial charge in [0.25, 0.3) is 0 Å². The number of halogens is 1. The molecule has 0 radical (unpaired) electrons. The van der Waals surface area contributed by atoms with Gasteiger partial charge in [-0.05, 0) is 23.2 Å². The van der Waals surface area contributed by atoms with Crippen LogP contribution in [0.5, 0.6) is 0 Å². The van der Waals surface area contributed by atoms with Crippen molar-refractivity contribution in [2.75, 3.05) is 17.6 Å². The summed E-state index contributed by atoms with van der Waals surface area (Å²) in [7, 11) is 0. The average Bonchev–Trinajstić information content (AvgIpc) is 2.23. The van der Waals surface area contributed by atoms with Crippen LogP contribution in [-0.4, -0.2) is 16.5 Å². The molecule has 0 bridgehead atoms. The van der Waals surface area contributed by atoms with E-state index in [1.165, 1.54) is 0 Å². The van der Waals surface area contributed by atoms with Crippen molar-refractivity contribution in [2.45, 2.75) is 26.7 Å². The fraction of sp³-hybridized carbons (Fsp3) is 0.455. The van der Waals surface area contributed by atoms with Crippen molar-refractivity contribution in [2.24, 2.45) is 0 Å². The standard InChI is InChI=1S/C11H15IN4/c1-3-4-7-14-10-9(5-6-12)8(2)15-11(13)16-10/h3-4,7H2,1-2H3,(H3,13,14,15,16). The van der Waals surface area contributed by atoms with Gasteiger partial charge < -0.3 is 11.1 Å². The number of aryl methyl sites for hydroxylation is 1. The van der Waals surface area contributed by atoms with E-state index in [0.717, 1.165) is 36.5 Å². The molecule has 0 fully saturated rings. The number of nitrogens with two attached hydrogens (primary N) is 1. The van der Waals surface area contributed by atoms with Gasteiger partial charge in [-0.1, -0.05) is 13.3 Å². The summed E-state index contributed by atoms with van der Waals surface area (Å²) in [4.78, 5) is 8.28. The zero-order chi connectivity index (χ0) is 12.0. The summed E-state index contributed by atoms with van der Waals surface area (Å²) in [5.41, 5.74) is 7.26. The molecule has 0 unspecified atom stereocenters. The number of nitrogens with one attached hydrogen (secondary N) is 1. The predicted octanol–water partition coefficient (Wildman–Crippen LogP) is 2.32. The van der Waals surface area contributed by atoms with Crippen LogP contribution in [0.15, 0.2) is 0 Å². The van der Waals surface area contributed by atoms with Gasteiger partial charge in [0.15, 0.2) is 0 Å². The first-order valence-corrected chi connectivity index (χ1v) is 6.26. The first-order chi connectivity index (χ1) is 7.69. The molecular formula is C11H15IN4. The smallest absolute Gasteiger partial charge is 0.222 e. The maximum Gasteiger partial charge on any atom is 0.222 e. The van der Waals surface area contributed by atoms with Gasteiger partial charge in [-0.3, -0.25) is 0 Å². The average molecular weight is 330 g/mol. The van der Waals surface area contributed by atoms with Gasteiger partial charge in [-0.15, -0.1) is 0 Å². The van der Waals surface area contributed by atoms with E-state index in [1.54, 1.807) is 0 Å². The second-order valence-corrected chi connectivity index (χ2v) is 3.93. The molecule has 1 rings (SSSR count). The Kier molecular flexibility index (Phi) is 5.32. The Hall–Kier alpha value is -1.03. The first kappa shape index (κ1) is 13.0. The molecule has 5 heteroatoms. The highest BCUT2D eigenvalue weighted by Crippen LogP contribution is 2.16. The third kappa shape index (κ3) is 3.52. The molecule has 0 amide bonds. The monoisotopic (exact) mass is 330 g/mol. The summed E-state index contributed by atoms with van der Waals surface area (Å²) in [6.45, 7) is 4.91. The molecule has 0 atom stereocenters. The maximum atomic E-state index is 5.62. The number of rotatable bonds is 4. The molecule has 1 heterocycles. The van der Waals surface area contributed by atoms with Crippen molar-refractivity contribution in [3.63, 3.8) is 0 Å². The Labute approximate surface area is 110 Å². The summed E-state index contributed by atoms with van der Waals surface area (Å²) in [6, 6.07) is 0. The normalized spacial score (nSPS) is 9.44. The molecule has 0 saturated heterocycles. The molecule has 4 nitrogen and oxygen atoms in total. The van der Waals surface area contributed by atoms with Crippen molar-refractivity contribution in [3.8, 4) is 9.85 Å². The molecule has 0 aliphatic heterocycles. The van der Waals surface area contributed by atoms with Crippen molar-refractivity contribution in [1.82, 2.24) is 9.97 Å². The topological polar surface area (TPSA) is 63.8 Å². The molecule has 1 aromatic rings. The molecule has 0 aliphatic carbocycles. The Morgan fingerprint density at radius 3 is 2.81 bits per heavy atom. The van der Waals surface area contributed by atoms with Crippen molar-refractivity contribution >= 4 is 34.4 Å². The minimum absolute atomic E-state index is 0.288. The summed E-state index contributed by atoms with van der Waals surface area (Å²) >= 11 is 2.00. The molecule has 16 heavy (non-hydrogen) atoms. The van der Waals surface area contributed by atoms with E-state index in [0.29, 0.717) is 0 Å².